The fraction of sp³-hybridized carbons (Fsp3) is 0.533. The molecule has 0 spiro atoms. The number of aryl methyl sites for hydroxylation is 1. The third-order valence-electron chi connectivity index (χ3n) is 3.45. The van der Waals surface area contributed by atoms with Crippen LogP contribution in [0.2, 0.25) is 0 Å². The van der Waals surface area contributed by atoms with Crippen molar-refractivity contribution < 1.29 is 9.53 Å². The van der Waals surface area contributed by atoms with Gasteiger partial charge >= 0.3 is 0 Å². The summed E-state index contributed by atoms with van der Waals surface area (Å²) < 4.78 is 5.27. The van der Waals surface area contributed by atoms with Crippen LogP contribution in [0, 0.1) is 6.92 Å². The van der Waals surface area contributed by atoms with Crippen molar-refractivity contribution in [3.63, 3.8) is 0 Å². The van der Waals surface area contributed by atoms with Crippen LogP contribution in [-0.4, -0.2) is 50.1 Å². The van der Waals surface area contributed by atoms with Crippen LogP contribution in [0.1, 0.15) is 12.5 Å². The van der Waals surface area contributed by atoms with Gasteiger partial charge in [0.2, 0.25) is 5.91 Å². The van der Waals surface area contributed by atoms with E-state index in [4.69, 9.17) is 4.74 Å². The molecule has 0 saturated carbocycles. The Morgan fingerprint density at radius 3 is 2.95 bits per heavy atom. The van der Waals surface area contributed by atoms with E-state index in [1.54, 1.807) is 7.11 Å². The molecule has 0 aromatic heterocycles. The zero-order valence-corrected chi connectivity index (χ0v) is 13.6. The number of hydrogen-bond donors (Lipinski definition) is 2. The highest BCUT2D eigenvalue weighted by molar-refractivity contribution is 5.93. The molecule has 6 heteroatoms. The maximum atomic E-state index is 12.1. The summed E-state index contributed by atoms with van der Waals surface area (Å²) in [5.74, 6) is 0.695. The van der Waals surface area contributed by atoms with Crippen LogP contribution in [-0.2, 0) is 4.79 Å². The number of ether oxygens (including phenoxy) is 1. The maximum absolute atomic E-state index is 12.1. The zero-order chi connectivity index (χ0) is 14.5. The van der Waals surface area contributed by atoms with Crippen molar-refractivity contribution in [2.45, 2.75) is 19.9 Å². The number of hydrogen-bond acceptors (Lipinski definition) is 4. The maximum Gasteiger partial charge on any atom is 0.238 e. The van der Waals surface area contributed by atoms with Crippen molar-refractivity contribution in [2.75, 3.05) is 38.6 Å². The number of amides is 1. The van der Waals surface area contributed by atoms with Gasteiger partial charge in [-0.2, -0.15) is 0 Å². The second kappa shape index (κ2) is 8.22. The van der Waals surface area contributed by atoms with E-state index in [-0.39, 0.29) is 18.3 Å². The van der Waals surface area contributed by atoms with Gasteiger partial charge in [-0.1, -0.05) is 6.07 Å². The topological polar surface area (TPSA) is 53.6 Å². The summed E-state index contributed by atoms with van der Waals surface area (Å²) in [6.45, 7) is 7.28. The molecule has 1 aromatic rings. The molecule has 1 saturated heterocycles. The van der Waals surface area contributed by atoms with Crippen LogP contribution in [0.15, 0.2) is 18.2 Å². The van der Waals surface area contributed by atoms with Crippen LogP contribution >= 0.6 is 12.4 Å². The molecule has 1 atom stereocenters. The summed E-state index contributed by atoms with van der Waals surface area (Å²) in [7, 11) is 1.61. The Bertz CT molecular complexity index is 482. The van der Waals surface area contributed by atoms with Gasteiger partial charge in [-0.15, -0.1) is 12.4 Å². The number of nitrogens with one attached hydrogen (secondary N) is 2. The van der Waals surface area contributed by atoms with Crippen LogP contribution in [0.5, 0.6) is 5.75 Å². The van der Waals surface area contributed by atoms with Gasteiger partial charge in [-0.05, 0) is 31.5 Å². The van der Waals surface area contributed by atoms with Crippen molar-refractivity contribution in [2.24, 2.45) is 0 Å². The largest absolute Gasteiger partial charge is 0.495 e. The first-order valence-electron chi connectivity index (χ1n) is 6.98. The summed E-state index contributed by atoms with van der Waals surface area (Å²) in [5, 5.41) is 6.31. The third kappa shape index (κ3) is 5.19. The van der Waals surface area contributed by atoms with Crippen molar-refractivity contribution in [1.82, 2.24) is 10.2 Å². The highest BCUT2D eigenvalue weighted by atomic mass is 35.5. The molecule has 1 fully saturated rings. The number of anilines is 1. The first kappa shape index (κ1) is 17.8. The van der Waals surface area contributed by atoms with Crippen molar-refractivity contribution in [3.8, 4) is 5.75 Å². The Hall–Kier alpha value is -1.30. The lowest BCUT2D eigenvalue weighted by Crippen LogP contribution is -2.51. The van der Waals surface area contributed by atoms with Crippen LogP contribution < -0.4 is 15.4 Å². The number of carbonyl (C=O) groups is 1. The summed E-state index contributed by atoms with van der Waals surface area (Å²) >= 11 is 0. The van der Waals surface area contributed by atoms with Crippen molar-refractivity contribution in [3.05, 3.63) is 23.8 Å². The van der Waals surface area contributed by atoms with Gasteiger partial charge in [0, 0.05) is 25.7 Å². The summed E-state index contributed by atoms with van der Waals surface area (Å²) in [6, 6.07) is 6.20. The van der Waals surface area contributed by atoms with Gasteiger partial charge in [0.15, 0.2) is 0 Å². The van der Waals surface area contributed by atoms with Gasteiger partial charge in [0.1, 0.15) is 5.75 Å². The molecular formula is C15H24ClN3O2. The molecule has 0 bridgehead atoms. The Morgan fingerprint density at radius 2 is 2.29 bits per heavy atom. The highest BCUT2D eigenvalue weighted by Gasteiger charge is 2.18. The Kier molecular flexibility index (Phi) is 6.95. The molecule has 0 aliphatic carbocycles. The average molecular weight is 314 g/mol. The lowest BCUT2D eigenvalue weighted by Gasteiger charge is -2.31. The molecule has 2 N–H and O–H groups in total. The minimum atomic E-state index is 0. The van der Waals surface area contributed by atoms with E-state index in [1.165, 1.54) is 0 Å². The normalized spacial score (nSPS) is 18.7. The number of nitrogens with zero attached hydrogens (tertiary/aromatic N) is 1. The van der Waals surface area contributed by atoms with Gasteiger partial charge in [-0.3, -0.25) is 9.69 Å². The van der Waals surface area contributed by atoms with E-state index in [0.29, 0.717) is 18.3 Å². The fourth-order valence-electron chi connectivity index (χ4n) is 2.47. The second-order valence-corrected chi connectivity index (χ2v) is 5.34. The molecule has 1 heterocycles. The number of benzene rings is 1. The second-order valence-electron chi connectivity index (χ2n) is 5.34. The highest BCUT2D eigenvalue weighted by Crippen LogP contribution is 2.25. The SMILES string of the molecule is COc1ccc(C)cc1NC(=O)CN1CCNC(C)C1.Cl. The monoisotopic (exact) mass is 313 g/mol. The van der Waals surface area contributed by atoms with Gasteiger partial charge < -0.3 is 15.4 Å². The van der Waals surface area contributed by atoms with E-state index >= 15 is 0 Å². The first-order chi connectivity index (χ1) is 9.58. The molecule has 118 valence electrons. The quantitative estimate of drug-likeness (QED) is 0.887. The Labute approximate surface area is 132 Å². The molecule has 21 heavy (non-hydrogen) atoms. The number of carbonyl (C=O) groups excluding carboxylic acids is 1. The molecule has 1 unspecified atom stereocenters. The standard InChI is InChI=1S/C15H23N3O2.ClH/c1-11-4-5-14(20-3)13(8-11)17-15(19)10-18-7-6-16-12(2)9-18;/h4-5,8,12,16H,6-7,9-10H2,1-3H3,(H,17,19);1H. The predicted octanol–water partition coefficient (Wildman–Crippen LogP) is 1.66. The van der Waals surface area contributed by atoms with E-state index in [1.807, 2.05) is 25.1 Å². The molecule has 2 rings (SSSR count). The molecule has 1 aliphatic rings. The molecular weight excluding hydrogens is 290 g/mol. The van der Waals surface area contributed by atoms with Crippen LogP contribution in [0.25, 0.3) is 0 Å². The molecule has 0 radical (unpaired) electrons. The van der Waals surface area contributed by atoms with E-state index in [2.05, 4.69) is 22.5 Å². The minimum absolute atomic E-state index is 0. The summed E-state index contributed by atoms with van der Waals surface area (Å²) in [4.78, 5) is 14.3. The molecule has 1 aromatic carbocycles. The van der Waals surface area contributed by atoms with Gasteiger partial charge in [-0.25, -0.2) is 0 Å². The fourth-order valence-corrected chi connectivity index (χ4v) is 2.47. The van der Waals surface area contributed by atoms with E-state index < -0.39 is 0 Å². The smallest absolute Gasteiger partial charge is 0.238 e. The number of methoxy groups -OCH3 is 1. The number of piperazine rings is 1. The lowest BCUT2D eigenvalue weighted by molar-refractivity contribution is -0.117. The summed E-state index contributed by atoms with van der Waals surface area (Å²) in [5.41, 5.74) is 1.83. The molecule has 1 amide bonds. The van der Waals surface area contributed by atoms with Crippen LogP contribution in [0.4, 0.5) is 5.69 Å². The van der Waals surface area contributed by atoms with Gasteiger partial charge in [0.25, 0.3) is 0 Å². The predicted molar refractivity (Wildman–Crippen MR) is 87.5 cm³/mol. The number of rotatable bonds is 4. The Balaban J connectivity index is 0.00000220. The van der Waals surface area contributed by atoms with Crippen molar-refractivity contribution in [1.29, 1.82) is 0 Å². The van der Waals surface area contributed by atoms with Crippen molar-refractivity contribution >= 4 is 24.0 Å². The molecule has 5 nitrogen and oxygen atoms in total. The zero-order valence-electron chi connectivity index (χ0n) is 12.8. The Morgan fingerprint density at radius 1 is 1.52 bits per heavy atom. The van der Waals surface area contributed by atoms with E-state index in [9.17, 15) is 4.79 Å². The first-order valence-corrected chi connectivity index (χ1v) is 6.98. The third-order valence-corrected chi connectivity index (χ3v) is 3.45. The number of halogens is 1. The van der Waals surface area contributed by atoms with Crippen LogP contribution in [0.3, 0.4) is 0 Å². The van der Waals surface area contributed by atoms with E-state index in [0.717, 1.165) is 30.9 Å². The minimum Gasteiger partial charge on any atom is -0.495 e. The lowest BCUT2D eigenvalue weighted by atomic mass is 10.2. The average Bonchev–Trinajstić information content (AvgIpc) is 2.38. The van der Waals surface area contributed by atoms with Gasteiger partial charge in [0.05, 0.1) is 19.3 Å². The molecule has 1 aliphatic heterocycles. The summed E-state index contributed by atoms with van der Waals surface area (Å²) in [6.07, 6.45) is 0.